The zero-order valence-corrected chi connectivity index (χ0v) is 15.7. The first-order chi connectivity index (χ1) is 12.7. The van der Waals surface area contributed by atoms with E-state index in [0.717, 1.165) is 48.7 Å². The third-order valence-electron chi connectivity index (χ3n) is 5.11. The van der Waals surface area contributed by atoms with E-state index in [1.807, 2.05) is 24.3 Å². The van der Waals surface area contributed by atoms with Crippen LogP contribution in [0.15, 0.2) is 30.5 Å². The summed E-state index contributed by atoms with van der Waals surface area (Å²) in [5.41, 5.74) is 0.779. The van der Waals surface area contributed by atoms with Crippen LogP contribution in [0.4, 0.5) is 5.69 Å². The van der Waals surface area contributed by atoms with Crippen LogP contribution in [-0.2, 0) is 9.53 Å². The molecule has 1 aromatic carbocycles. The molecule has 1 amide bonds. The number of carbonyl (C=O) groups excluding carboxylic acids is 1. The summed E-state index contributed by atoms with van der Waals surface area (Å²) in [6.45, 7) is 2.68. The fraction of sp³-hybridized carbons (Fsp3) is 0.524. The molecule has 0 unspecified atom stereocenters. The van der Waals surface area contributed by atoms with E-state index in [1.54, 1.807) is 13.3 Å². The van der Waals surface area contributed by atoms with Gasteiger partial charge in [0.2, 0.25) is 0 Å². The standard InChI is InChI=1S/C21H28N2O3/c1-3-15-26-21(12-6-4-5-7-13-21)20(24)23-17-10-11-18(25-2)19-16(17)9-8-14-22-19/h8-11,14H,3-7,12-13,15H2,1-2H3,(H,23,24). The van der Waals surface area contributed by atoms with E-state index in [4.69, 9.17) is 9.47 Å². The highest BCUT2D eigenvalue weighted by Gasteiger charge is 2.39. The quantitative estimate of drug-likeness (QED) is 0.762. The number of amides is 1. The van der Waals surface area contributed by atoms with Crippen molar-refractivity contribution < 1.29 is 14.3 Å². The van der Waals surface area contributed by atoms with Gasteiger partial charge in [0, 0.05) is 18.2 Å². The van der Waals surface area contributed by atoms with Crippen LogP contribution < -0.4 is 10.1 Å². The highest BCUT2D eigenvalue weighted by atomic mass is 16.5. The molecule has 0 spiro atoms. The number of benzene rings is 1. The molecule has 26 heavy (non-hydrogen) atoms. The maximum Gasteiger partial charge on any atom is 0.256 e. The van der Waals surface area contributed by atoms with E-state index >= 15 is 0 Å². The van der Waals surface area contributed by atoms with Crippen LogP contribution in [0.5, 0.6) is 5.75 Å². The number of fused-ring (bicyclic) bond motifs is 1. The average molecular weight is 356 g/mol. The van der Waals surface area contributed by atoms with Gasteiger partial charge < -0.3 is 14.8 Å². The van der Waals surface area contributed by atoms with Crippen LogP contribution in [0.25, 0.3) is 10.9 Å². The van der Waals surface area contributed by atoms with Crippen molar-refractivity contribution in [1.29, 1.82) is 0 Å². The number of hydrogen-bond donors (Lipinski definition) is 1. The minimum absolute atomic E-state index is 0.0387. The van der Waals surface area contributed by atoms with E-state index in [-0.39, 0.29) is 5.91 Å². The number of aromatic nitrogens is 1. The van der Waals surface area contributed by atoms with E-state index in [9.17, 15) is 4.79 Å². The Kier molecular flexibility index (Phi) is 6.09. The summed E-state index contributed by atoms with van der Waals surface area (Å²) in [4.78, 5) is 17.7. The Labute approximate surface area is 155 Å². The Morgan fingerprint density at radius 1 is 1.19 bits per heavy atom. The van der Waals surface area contributed by atoms with Gasteiger partial charge in [-0.05, 0) is 43.5 Å². The lowest BCUT2D eigenvalue weighted by atomic mass is 9.92. The van der Waals surface area contributed by atoms with E-state index < -0.39 is 5.60 Å². The van der Waals surface area contributed by atoms with Crippen molar-refractivity contribution in [3.8, 4) is 5.75 Å². The van der Waals surface area contributed by atoms with Gasteiger partial charge in [0.1, 0.15) is 16.9 Å². The summed E-state index contributed by atoms with van der Waals surface area (Å²) in [6, 6.07) is 7.54. The summed E-state index contributed by atoms with van der Waals surface area (Å²) in [5.74, 6) is 0.660. The Hall–Kier alpha value is -2.14. The lowest BCUT2D eigenvalue weighted by Gasteiger charge is -2.31. The van der Waals surface area contributed by atoms with Crippen molar-refractivity contribution in [1.82, 2.24) is 4.98 Å². The van der Waals surface area contributed by atoms with E-state index in [2.05, 4.69) is 17.2 Å². The summed E-state index contributed by atoms with van der Waals surface area (Å²) in [7, 11) is 1.63. The summed E-state index contributed by atoms with van der Waals surface area (Å²) in [5, 5.41) is 4.00. The van der Waals surface area contributed by atoms with Gasteiger partial charge >= 0.3 is 0 Å². The molecule has 0 bridgehead atoms. The number of hydrogen-bond acceptors (Lipinski definition) is 4. The Bertz CT molecular complexity index is 752. The van der Waals surface area contributed by atoms with Crippen molar-refractivity contribution in [2.75, 3.05) is 19.0 Å². The molecule has 1 N–H and O–H groups in total. The minimum Gasteiger partial charge on any atom is -0.494 e. The Morgan fingerprint density at radius 3 is 2.65 bits per heavy atom. The van der Waals surface area contributed by atoms with Crippen LogP contribution in [0.3, 0.4) is 0 Å². The highest BCUT2D eigenvalue weighted by molar-refractivity contribution is 6.05. The lowest BCUT2D eigenvalue weighted by molar-refractivity contribution is -0.143. The zero-order chi connectivity index (χ0) is 18.4. The predicted molar refractivity (Wildman–Crippen MR) is 104 cm³/mol. The summed E-state index contributed by atoms with van der Waals surface area (Å²) < 4.78 is 11.5. The predicted octanol–water partition coefficient (Wildman–Crippen LogP) is 4.70. The number of nitrogens with one attached hydrogen (secondary N) is 1. The number of rotatable bonds is 6. The smallest absolute Gasteiger partial charge is 0.256 e. The molecular formula is C21H28N2O3. The maximum absolute atomic E-state index is 13.3. The minimum atomic E-state index is -0.721. The molecule has 2 aromatic rings. The van der Waals surface area contributed by atoms with Gasteiger partial charge in [0.25, 0.3) is 5.91 Å². The molecule has 5 nitrogen and oxygen atoms in total. The van der Waals surface area contributed by atoms with Crippen molar-refractivity contribution in [2.45, 2.75) is 57.5 Å². The number of ether oxygens (including phenoxy) is 2. The first-order valence-electron chi connectivity index (χ1n) is 9.57. The third kappa shape index (κ3) is 3.83. The molecule has 3 rings (SSSR count). The largest absolute Gasteiger partial charge is 0.494 e. The third-order valence-corrected chi connectivity index (χ3v) is 5.11. The average Bonchev–Trinajstić information content (AvgIpc) is 2.93. The second-order valence-electron chi connectivity index (χ2n) is 6.93. The number of methoxy groups -OCH3 is 1. The number of anilines is 1. The molecule has 5 heteroatoms. The first-order valence-corrected chi connectivity index (χ1v) is 9.57. The molecule has 1 aliphatic carbocycles. The van der Waals surface area contributed by atoms with Crippen molar-refractivity contribution in [3.63, 3.8) is 0 Å². The fourth-order valence-corrected chi connectivity index (χ4v) is 3.69. The van der Waals surface area contributed by atoms with Crippen molar-refractivity contribution in [2.24, 2.45) is 0 Å². The Morgan fingerprint density at radius 2 is 1.96 bits per heavy atom. The molecule has 0 saturated heterocycles. The van der Waals surface area contributed by atoms with Gasteiger partial charge in [0.15, 0.2) is 0 Å². The van der Waals surface area contributed by atoms with Crippen LogP contribution in [0.2, 0.25) is 0 Å². The molecular weight excluding hydrogens is 328 g/mol. The fourth-order valence-electron chi connectivity index (χ4n) is 3.69. The second kappa shape index (κ2) is 8.49. The lowest BCUT2D eigenvalue weighted by Crippen LogP contribution is -2.45. The molecule has 0 aliphatic heterocycles. The van der Waals surface area contributed by atoms with Crippen molar-refractivity contribution in [3.05, 3.63) is 30.5 Å². The Balaban J connectivity index is 1.91. The van der Waals surface area contributed by atoms with Gasteiger partial charge in [-0.2, -0.15) is 0 Å². The summed E-state index contributed by atoms with van der Waals surface area (Å²) >= 11 is 0. The monoisotopic (exact) mass is 356 g/mol. The molecule has 1 aromatic heterocycles. The molecule has 1 aliphatic rings. The van der Waals surface area contributed by atoms with Gasteiger partial charge in [-0.3, -0.25) is 9.78 Å². The molecule has 140 valence electrons. The highest BCUT2D eigenvalue weighted by Crippen LogP contribution is 2.34. The van der Waals surface area contributed by atoms with Crippen LogP contribution >= 0.6 is 0 Å². The van der Waals surface area contributed by atoms with Crippen LogP contribution in [0, 0.1) is 0 Å². The number of carbonyl (C=O) groups is 1. The summed E-state index contributed by atoms with van der Waals surface area (Å²) in [6.07, 6.45) is 8.60. The molecule has 1 saturated carbocycles. The molecule has 1 heterocycles. The first kappa shape index (κ1) is 18.6. The normalized spacial score (nSPS) is 16.8. The van der Waals surface area contributed by atoms with Gasteiger partial charge in [-0.15, -0.1) is 0 Å². The SMILES string of the molecule is CCCOC1(C(=O)Nc2ccc(OC)c3ncccc23)CCCCCC1. The second-order valence-corrected chi connectivity index (χ2v) is 6.93. The van der Waals surface area contributed by atoms with Gasteiger partial charge in [-0.25, -0.2) is 0 Å². The topological polar surface area (TPSA) is 60.5 Å². The zero-order valence-electron chi connectivity index (χ0n) is 15.7. The van der Waals surface area contributed by atoms with Gasteiger partial charge in [0.05, 0.1) is 12.8 Å². The van der Waals surface area contributed by atoms with E-state index in [1.165, 1.54) is 12.8 Å². The van der Waals surface area contributed by atoms with Crippen molar-refractivity contribution >= 4 is 22.5 Å². The number of nitrogens with zero attached hydrogens (tertiary/aromatic N) is 1. The number of pyridine rings is 1. The van der Waals surface area contributed by atoms with E-state index in [0.29, 0.717) is 12.4 Å². The molecule has 0 atom stereocenters. The molecule has 1 fully saturated rings. The molecule has 0 radical (unpaired) electrons. The van der Waals surface area contributed by atoms with Gasteiger partial charge in [-0.1, -0.05) is 32.6 Å². The maximum atomic E-state index is 13.3. The van der Waals surface area contributed by atoms with Crippen LogP contribution in [0.1, 0.15) is 51.9 Å². The van der Waals surface area contributed by atoms with Crippen LogP contribution in [-0.4, -0.2) is 30.2 Å².